The van der Waals surface area contributed by atoms with Gasteiger partial charge in [0, 0.05) is 0 Å². The van der Waals surface area contributed by atoms with Crippen LogP contribution in [0.3, 0.4) is 0 Å². The van der Waals surface area contributed by atoms with E-state index in [-0.39, 0.29) is 0 Å². The summed E-state index contributed by atoms with van der Waals surface area (Å²) in [5, 5.41) is 17.5. The lowest BCUT2D eigenvalue weighted by Crippen LogP contribution is -1.93. The molecular formula is C70H44. The molecule has 0 bridgehead atoms. The fourth-order valence-electron chi connectivity index (χ4n) is 11.9. The van der Waals surface area contributed by atoms with Crippen molar-refractivity contribution in [1.82, 2.24) is 0 Å². The van der Waals surface area contributed by atoms with E-state index in [9.17, 15) is 0 Å². The molecule has 0 heteroatoms. The number of rotatable bonds is 6. The van der Waals surface area contributed by atoms with Crippen molar-refractivity contribution in [2.24, 2.45) is 0 Å². The van der Waals surface area contributed by atoms with E-state index in [1.54, 1.807) is 0 Å². The van der Waals surface area contributed by atoms with Crippen LogP contribution in [0, 0.1) is 0 Å². The first-order valence-corrected chi connectivity index (χ1v) is 24.3. The van der Waals surface area contributed by atoms with E-state index >= 15 is 0 Å². The lowest BCUT2D eigenvalue weighted by Gasteiger charge is -2.20. The van der Waals surface area contributed by atoms with E-state index in [4.69, 9.17) is 0 Å². The highest BCUT2D eigenvalue weighted by atomic mass is 14.2. The molecule has 0 spiro atoms. The maximum atomic E-state index is 2.42. The Morgan fingerprint density at radius 2 is 0.414 bits per heavy atom. The Labute approximate surface area is 407 Å². The SMILES string of the molecule is c1cc(-c2c3ccccc3c(-c3cccc4ccccc34)c3ccccc23)cc(-c2cccc3cccc(-c4cccc(-c5c6ccccc6c(-c6cccc7ccccc67)c6ccccc56)c4)c23)c1. The molecule has 14 aromatic rings. The van der Waals surface area contributed by atoms with Crippen LogP contribution in [0.4, 0.5) is 0 Å². The number of benzene rings is 14. The minimum Gasteiger partial charge on any atom is -0.0616 e. The molecule has 0 aliphatic rings. The molecule has 0 saturated heterocycles. The third kappa shape index (κ3) is 6.31. The quantitative estimate of drug-likeness (QED) is 0.146. The number of fused-ring (bicyclic) bond motifs is 7. The van der Waals surface area contributed by atoms with Gasteiger partial charge in [-0.25, -0.2) is 0 Å². The summed E-state index contributed by atoms with van der Waals surface area (Å²) in [6.07, 6.45) is 0. The van der Waals surface area contributed by atoms with Gasteiger partial charge in [-0.1, -0.05) is 255 Å². The summed E-state index contributed by atoms with van der Waals surface area (Å²) in [4.78, 5) is 0. The van der Waals surface area contributed by atoms with Gasteiger partial charge in [0.2, 0.25) is 0 Å². The fraction of sp³-hybridized carbons (Fsp3) is 0. The first-order chi connectivity index (χ1) is 34.8. The average molecular weight is 885 g/mol. The molecule has 0 heterocycles. The van der Waals surface area contributed by atoms with Crippen molar-refractivity contribution in [1.29, 1.82) is 0 Å². The molecular weight excluding hydrogens is 841 g/mol. The number of hydrogen-bond acceptors (Lipinski definition) is 0. The van der Waals surface area contributed by atoms with Crippen LogP contribution in [0.15, 0.2) is 267 Å². The summed E-state index contributed by atoms with van der Waals surface area (Å²) in [7, 11) is 0. The highest BCUT2D eigenvalue weighted by Gasteiger charge is 2.21. The van der Waals surface area contributed by atoms with E-state index in [0.717, 1.165) is 0 Å². The highest BCUT2D eigenvalue weighted by Crippen LogP contribution is 2.49. The predicted molar refractivity (Wildman–Crippen MR) is 302 cm³/mol. The second kappa shape index (κ2) is 16.3. The van der Waals surface area contributed by atoms with Crippen LogP contribution in [0.25, 0.3) is 142 Å². The standard InChI is InChI=1S/C70H44/c1-3-29-52-45(19-1)21-15-41-56(52)69-62-35-9-5-31-58(62)67(59-32-6-10-36-63(59)69)50-27-13-25-48(43-50)54-39-17-23-47-24-18-40-55(66(47)54)49-26-14-28-51(44-49)68-60-33-7-11-37-64(60)70(65-38-12-8-34-61(65)68)57-42-16-22-46-20-2-4-30-53(46)57/h1-44H. The second-order valence-corrected chi connectivity index (χ2v) is 18.6. The molecule has 324 valence electrons. The van der Waals surface area contributed by atoms with Crippen molar-refractivity contribution in [2.75, 3.05) is 0 Å². The minimum atomic E-state index is 1.19. The Bertz CT molecular complexity index is 4010. The van der Waals surface area contributed by atoms with Crippen molar-refractivity contribution in [2.45, 2.75) is 0 Å². The minimum absolute atomic E-state index is 1.19. The molecule has 0 unspecified atom stereocenters. The van der Waals surface area contributed by atoms with E-state index in [1.165, 1.54) is 142 Å². The van der Waals surface area contributed by atoms with Gasteiger partial charge in [-0.05, 0) is 154 Å². The average Bonchev–Trinajstić information content (AvgIpc) is 3.43. The second-order valence-electron chi connectivity index (χ2n) is 18.6. The first-order valence-electron chi connectivity index (χ1n) is 24.3. The van der Waals surface area contributed by atoms with Gasteiger partial charge in [0.1, 0.15) is 0 Å². The normalized spacial score (nSPS) is 11.7. The summed E-state index contributed by atoms with van der Waals surface area (Å²) >= 11 is 0. The zero-order chi connectivity index (χ0) is 46.1. The van der Waals surface area contributed by atoms with Gasteiger partial charge in [0.05, 0.1) is 0 Å². The smallest absolute Gasteiger partial charge is 0.00201 e. The molecule has 0 radical (unpaired) electrons. The largest absolute Gasteiger partial charge is 0.0616 e. The van der Waals surface area contributed by atoms with E-state index in [2.05, 4.69) is 267 Å². The van der Waals surface area contributed by atoms with Gasteiger partial charge in [0.25, 0.3) is 0 Å². The summed E-state index contributed by atoms with van der Waals surface area (Å²) in [5.74, 6) is 0. The first kappa shape index (κ1) is 40.0. The third-order valence-electron chi connectivity index (χ3n) is 14.8. The van der Waals surface area contributed by atoms with E-state index in [0.29, 0.717) is 0 Å². The molecule has 14 aromatic carbocycles. The van der Waals surface area contributed by atoms with E-state index in [1.807, 2.05) is 0 Å². The van der Waals surface area contributed by atoms with Crippen LogP contribution >= 0.6 is 0 Å². The van der Waals surface area contributed by atoms with Gasteiger partial charge in [0.15, 0.2) is 0 Å². The molecule has 0 aliphatic heterocycles. The van der Waals surface area contributed by atoms with Crippen molar-refractivity contribution >= 4 is 75.4 Å². The lowest BCUT2D eigenvalue weighted by molar-refractivity contribution is 1.61. The highest BCUT2D eigenvalue weighted by molar-refractivity contribution is 6.25. The molecule has 0 saturated carbocycles. The fourth-order valence-corrected chi connectivity index (χ4v) is 11.9. The van der Waals surface area contributed by atoms with Crippen LogP contribution in [0.2, 0.25) is 0 Å². The van der Waals surface area contributed by atoms with Crippen molar-refractivity contribution in [3.63, 3.8) is 0 Å². The van der Waals surface area contributed by atoms with Crippen molar-refractivity contribution in [3.8, 4) is 66.8 Å². The molecule has 0 fully saturated rings. The Hall–Kier alpha value is -9.10. The molecule has 14 rings (SSSR count). The predicted octanol–water partition coefficient (Wildman–Crippen LogP) is 19.8. The van der Waals surface area contributed by atoms with Gasteiger partial charge < -0.3 is 0 Å². The zero-order valence-electron chi connectivity index (χ0n) is 38.4. The summed E-state index contributed by atoms with van der Waals surface area (Å²) in [6.45, 7) is 0. The van der Waals surface area contributed by atoms with Gasteiger partial charge in [-0.2, -0.15) is 0 Å². The third-order valence-corrected chi connectivity index (χ3v) is 14.8. The molecule has 0 atom stereocenters. The Morgan fingerprint density at radius 3 is 0.786 bits per heavy atom. The van der Waals surface area contributed by atoms with Crippen LogP contribution < -0.4 is 0 Å². The Balaban J connectivity index is 0.945. The maximum Gasteiger partial charge on any atom is -0.00201 e. The molecule has 0 aromatic heterocycles. The number of hydrogen-bond donors (Lipinski definition) is 0. The Kier molecular flexibility index (Phi) is 9.32. The van der Waals surface area contributed by atoms with Gasteiger partial charge in [-0.3, -0.25) is 0 Å². The molecule has 0 aliphatic carbocycles. The van der Waals surface area contributed by atoms with Crippen LogP contribution in [-0.2, 0) is 0 Å². The monoisotopic (exact) mass is 884 g/mol. The topological polar surface area (TPSA) is 0 Å². The van der Waals surface area contributed by atoms with Crippen molar-refractivity contribution < 1.29 is 0 Å². The van der Waals surface area contributed by atoms with Crippen molar-refractivity contribution in [3.05, 3.63) is 267 Å². The van der Waals surface area contributed by atoms with E-state index < -0.39 is 0 Å². The van der Waals surface area contributed by atoms with Crippen LogP contribution in [0.5, 0.6) is 0 Å². The lowest BCUT2D eigenvalue weighted by atomic mass is 9.83. The van der Waals surface area contributed by atoms with Gasteiger partial charge in [-0.15, -0.1) is 0 Å². The zero-order valence-corrected chi connectivity index (χ0v) is 38.4. The molecule has 0 N–H and O–H groups in total. The summed E-state index contributed by atoms with van der Waals surface area (Å²) in [6, 6.07) is 98.9. The molecule has 70 heavy (non-hydrogen) atoms. The Morgan fingerprint density at radius 1 is 0.157 bits per heavy atom. The summed E-state index contributed by atoms with van der Waals surface area (Å²) in [5.41, 5.74) is 14.8. The molecule has 0 nitrogen and oxygen atoms in total. The van der Waals surface area contributed by atoms with Crippen LogP contribution in [-0.4, -0.2) is 0 Å². The van der Waals surface area contributed by atoms with Gasteiger partial charge >= 0.3 is 0 Å². The molecule has 0 amide bonds. The summed E-state index contributed by atoms with van der Waals surface area (Å²) < 4.78 is 0. The maximum absolute atomic E-state index is 2.42. The van der Waals surface area contributed by atoms with Crippen LogP contribution in [0.1, 0.15) is 0 Å².